The van der Waals surface area contributed by atoms with Gasteiger partial charge in [-0.2, -0.15) is 0 Å². The smallest absolute Gasteiger partial charge is 0.308 e. The van der Waals surface area contributed by atoms with Gasteiger partial charge in [-0.3, -0.25) is 4.79 Å². The van der Waals surface area contributed by atoms with Gasteiger partial charge >= 0.3 is 5.97 Å². The molecule has 0 radical (unpaired) electrons. The summed E-state index contributed by atoms with van der Waals surface area (Å²) >= 11 is 0. The Hall–Kier alpha value is -0.570. The van der Waals surface area contributed by atoms with Crippen LogP contribution in [0.3, 0.4) is 0 Å². The van der Waals surface area contributed by atoms with Crippen LogP contribution in [0.4, 0.5) is 0 Å². The molecule has 0 fully saturated rings. The Labute approximate surface area is 67.4 Å². The Bertz CT molecular complexity index is 112. The maximum absolute atomic E-state index is 10.7. The molecular weight excluding hydrogens is 144 g/mol. The van der Waals surface area contributed by atoms with E-state index in [-0.39, 0.29) is 12.4 Å². The number of esters is 1. The van der Waals surface area contributed by atoms with Gasteiger partial charge in [0.15, 0.2) is 0 Å². The summed E-state index contributed by atoms with van der Waals surface area (Å²) in [5, 5.41) is 9.15. The molecule has 1 atom stereocenters. The maximum atomic E-state index is 10.7. The van der Waals surface area contributed by atoms with Gasteiger partial charge in [0.05, 0.1) is 19.1 Å². The third-order valence-electron chi connectivity index (χ3n) is 1.33. The fourth-order valence-corrected chi connectivity index (χ4v) is 0.848. The highest BCUT2D eigenvalue weighted by Crippen LogP contribution is 2.01. The van der Waals surface area contributed by atoms with E-state index < -0.39 is 6.10 Å². The summed E-state index contributed by atoms with van der Waals surface area (Å²) in [5.41, 5.74) is 0. The van der Waals surface area contributed by atoms with Gasteiger partial charge in [0.2, 0.25) is 0 Å². The van der Waals surface area contributed by atoms with Crippen molar-refractivity contribution in [2.45, 2.75) is 39.2 Å². The predicted molar refractivity (Wildman–Crippen MR) is 42.2 cm³/mol. The molecule has 0 aromatic heterocycles. The van der Waals surface area contributed by atoms with Gasteiger partial charge in [0, 0.05) is 0 Å². The predicted octanol–water partition coefficient (Wildman–Crippen LogP) is 1.10. The standard InChI is InChI=1S/C8H16O3/c1-3-5-7(9)6-8(10)11-4-2/h7,9H,3-6H2,1-2H3. The Morgan fingerprint density at radius 1 is 1.55 bits per heavy atom. The molecule has 0 aromatic carbocycles. The molecule has 0 aliphatic rings. The highest BCUT2D eigenvalue weighted by Gasteiger charge is 2.09. The molecule has 3 nitrogen and oxygen atoms in total. The quantitative estimate of drug-likeness (QED) is 0.612. The fraction of sp³-hybridized carbons (Fsp3) is 0.875. The number of ether oxygens (including phenoxy) is 1. The van der Waals surface area contributed by atoms with Crippen LogP contribution >= 0.6 is 0 Å². The lowest BCUT2D eigenvalue weighted by Gasteiger charge is -2.07. The lowest BCUT2D eigenvalue weighted by atomic mass is 10.1. The Balaban J connectivity index is 3.40. The van der Waals surface area contributed by atoms with E-state index in [1.54, 1.807) is 6.92 Å². The maximum Gasteiger partial charge on any atom is 0.308 e. The molecule has 0 spiro atoms. The summed E-state index contributed by atoms with van der Waals surface area (Å²) in [6.07, 6.45) is 1.15. The minimum absolute atomic E-state index is 0.127. The van der Waals surface area contributed by atoms with Crippen LogP contribution in [0.25, 0.3) is 0 Å². The zero-order valence-corrected chi connectivity index (χ0v) is 7.17. The van der Waals surface area contributed by atoms with Gasteiger partial charge in [0.1, 0.15) is 0 Å². The van der Waals surface area contributed by atoms with Gasteiger partial charge in [-0.1, -0.05) is 13.3 Å². The summed E-state index contributed by atoms with van der Waals surface area (Å²) in [6, 6.07) is 0. The van der Waals surface area contributed by atoms with E-state index in [0.717, 1.165) is 6.42 Å². The number of hydrogen-bond acceptors (Lipinski definition) is 3. The summed E-state index contributed by atoms with van der Waals surface area (Å²) in [6.45, 7) is 4.11. The van der Waals surface area contributed by atoms with E-state index in [0.29, 0.717) is 13.0 Å². The highest BCUT2D eigenvalue weighted by molar-refractivity contribution is 5.69. The third-order valence-corrected chi connectivity index (χ3v) is 1.33. The summed E-state index contributed by atoms with van der Waals surface area (Å²) in [7, 11) is 0. The summed E-state index contributed by atoms with van der Waals surface area (Å²) in [4.78, 5) is 10.7. The van der Waals surface area contributed by atoms with Crippen LogP contribution in [-0.4, -0.2) is 23.8 Å². The van der Waals surface area contributed by atoms with Crippen LogP contribution in [-0.2, 0) is 9.53 Å². The van der Waals surface area contributed by atoms with Crippen LogP contribution < -0.4 is 0 Å². The van der Waals surface area contributed by atoms with Crippen molar-refractivity contribution in [3.8, 4) is 0 Å². The molecule has 0 saturated heterocycles. The van der Waals surface area contributed by atoms with E-state index in [2.05, 4.69) is 4.74 Å². The monoisotopic (exact) mass is 160 g/mol. The van der Waals surface area contributed by atoms with Crippen molar-refractivity contribution < 1.29 is 14.6 Å². The van der Waals surface area contributed by atoms with Crippen molar-refractivity contribution >= 4 is 5.97 Å². The number of carbonyl (C=O) groups excluding carboxylic acids is 1. The minimum atomic E-state index is -0.529. The molecule has 0 aromatic rings. The van der Waals surface area contributed by atoms with Gasteiger partial charge < -0.3 is 9.84 Å². The van der Waals surface area contributed by atoms with E-state index in [9.17, 15) is 4.79 Å². The molecular formula is C8H16O3. The Kier molecular flexibility index (Phi) is 5.84. The Morgan fingerprint density at radius 3 is 2.64 bits per heavy atom. The fourth-order valence-electron chi connectivity index (χ4n) is 0.848. The number of aliphatic hydroxyl groups excluding tert-OH is 1. The van der Waals surface area contributed by atoms with E-state index in [4.69, 9.17) is 5.11 Å². The van der Waals surface area contributed by atoms with Gasteiger partial charge in [-0.15, -0.1) is 0 Å². The summed E-state index contributed by atoms with van der Waals surface area (Å²) < 4.78 is 4.66. The third kappa shape index (κ3) is 5.85. The normalized spacial score (nSPS) is 12.6. The van der Waals surface area contributed by atoms with E-state index in [1.165, 1.54) is 0 Å². The molecule has 0 amide bonds. The van der Waals surface area contributed by atoms with Crippen LogP contribution in [0.2, 0.25) is 0 Å². The Morgan fingerprint density at radius 2 is 2.18 bits per heavy atom. The van der Waals surface area contributed by atoms with Gasteiger partial charge in [-0.25, -0.2) is 0 Å². The highest BCUT2D eigenvalue weighted by atomic mass is 16.5. The van der Waals surface area contributed by atoms with Gasteiger partial charge in [0.25, 0.3) is 0 Å². The number of hydrogen-bond donors (Lipinski definition) is 1. The molecule has 3 heteroatoms. The number of carbonyl (C=O) groups is 1. The molecule has 0 aliphatic carbocycles. The van der Waals surface area contributed by atoms with Crippen molar-refractivity contribution in [3.63, 3.8) is 0 Å². The first-order valence-electron chi connectivity index (χ1n) is 4.04. The van der Waals surface area contributed by atoms with E-state index in [1.807, 2.05) is 6.92 Å². The second kappa shape index (κ2) is 6.16. The largest absolute Gasteiger partial charge is 0.466 e. The number of rotatable bonds is 5. The van der Waals surface area contributed by atoms with Crippen molar-refractivity contribution in [1.29, 1.82) is 0 Å². The molecule has 0 saturated carbocycles. The summed E-state index contributed by atoms with van der Waals surface area (Å²) in [5.74, 6) is -0.312. The second-order valence-corrected chi connectivity index (χ2v) is 2.45. The second-order valence-electron chi connectivity index (χ2n) is 2.45. The zero-order valence-electron chi connectivity index (χ0n) is 7.17. The molecule has 11 heavy (non-hydrogen) atoms. The topological polar surface area (TPSA) is 46.5 Å². The first-order chi connectivity index (χ1) is 5.20. The van der Waals surface area contributed by atoms with Gasteiger partial charge in [-0.05, 0) is 13.3 Å². The number of aliphatic hydroxyl groups is 1. The molecule has 0 bridgehead atoms. The van der Waals surface area contributed by atoms with Crippen molar-refractivity contribution in [2.24, 2.45) is 0 Å². The van der Waals surface area contributed by atoms with Crippen LogP contribution in [0, 0.1) is 0 Å². The van der Waals surface area contributed by atoms with Crippen LogP contribution in [0.1, 0.15) is 33.1 Å². The lowest BCUT2D eigenvalue weighted by molar-refractivity contribution is -0.145. The van der Waals surface area contributed by atoms with Crippen LogP contribution in [0.15, 0.2) is 0 Å². The molecule has 0 heterocycles. The van der Waals surface area contributed by atoms with Crippen molar-refractivity contribution in [1.82, 2.24) is 0 Å². The van der Waals surface area contributed by atoms with E-state index >= 15 is 0 Å². The average molecular weight is 160 g/mol. The first kappa shape index (κ1) is 10.4. The molecule has 1 unspecified atom stereocenters. The minimum Gasteiger partial charge on any atom is -0.466 e. The molecule has 0 rings (SSSR count). The van der Waals surface area contributed by atoms with Crippen LogP contribution in [0.5, 0.6) is 0 Å². The first-order valence-corrected chi connectivity index (χ1v) is 4.04. The molecule has 0 aliphatic heterocycles. The molecule has 66 valence electrons. The lowest BCUT2D eigenvalue weighted by Crippen LogP contribution is -2.15. The zero-order chi connectivity index (χ0) is 8.69. The molecule has 1 N–H and O–H groups in total. The van der Waals surface area contributed by atoms with Crippen molar-refractivity contribution in [2.75, 3.05) is 6.61 Å². The SMILES string of the molecule is CCCC(O)CC(=O)OCC. The average Bonchev–Trinajstić information content (AvgIpc) is 1.87. The van der Waals surface area contributed by atoms with Crippen molar-refractivity contribution in [3.05, 3.63) is 0 Å².